The van der Waals surface area contributed by atoms with E-state index in [1.165, 1.54) is 23.6 Å². The van der Waals surface area contributed by atoms with Crippen LogP contribution in [0.3, 0.4) is 0 Å². The molecule has 0 saturated heterocycles. The Hall–Kier alpha value is -1.26. The highest BCUT2D eigenvalue weighted by atomic mass is 35.5. The summed E-state index contributed by atoms with van der Waals surface area (Å²) in [5, 5.41) is 1.88. The van der Waals surface area contributed by atoms with Crippen molar-refractivity contribution in [1.82, 2.24) is 14.7 Å². The number of aromatic nitrogens is 2. The summed E-state index contributed by atoms with van der Waals surface area (Å²) in [6.07, 6.45) is 1.17. The maximum Gasteiger partial charge on any atom is 0.242 e. The van der Waals surface area contributed by atoms with Gasteiger partial charge in [-0.2, -0.15) is 0 Å². The molecule has 19 heavy (non-hydrogen) atoms. The third kappa shape index (κ3) is 3.39. The van der Waals surface area contributed by atoms with Gasteiger partial charge in [0.15, 0.2) is 5.82 Å². The topological polar surface area (TPSA) is 110 Å². The van der Waals surface area contributed by atoms with Gasteiger partial charge in [-0.1, -0.05) is 11.6 Å². The number of hydrazine groups is 1. The van der Waals surface area contributed by atoms with Gasteiger partial charge in [-0.15, -0.1) is 11.3 Å². The van der Waals surface area contributed by atoms with Crippen LogP contribution in [0.2, 0.25) is 5.02 Å². The van der Waals surface area contributed by atoms with E-state index < -0.39 is 10.0 Å². The number of hydrogen-bond donors (Lipinski definition) is 3. The van der Waals surface area contributed by atoms with Crippen LogP contribution in [-0.4, -0.2) is 18.4 Å². The van der Waals surface area contributed by atoms with E-state index in [4.69, 9.17) is 17.4 Å². The quantitative estimate of drug-likeness (QED) is 0.559. The molecular formula is C9H10ClN5O2S2. The van der Waals surface area contributed by atoms with Crippen LogP contribution >= 0.6 is 22.9 Å². The summed E-state index contributed by atoms with van der Waals surface area (Å²) >= 11 is 7.22. The number of thiazole rings is 1. The largest absolute Gasteiger partial charge is 0.307 e. The Bertz CT molecular complexity index is 659. The van der Waals surface area contributed by atoms with E-state index in [0.29, 0.717) is 5.69 Å². The second-order valence-corrected chi connectivity index (χ2v) is 6.34. The van der Waals surface area contributed by atoms with Crippen LogP contribution in [0.4, 0.5) is 5.82 Å². The Morgan fingerprint density at radius 2 is 2.21 bits per heavy atom. The Morgan fingerprint density at radius 1 is 1.42 bits per heavy atom. The molecule has 0 aliphatic carbocycles. The Morgan fingerprint density at radius 3 is 2.79 bits per heavy atom. The molecule has 7 nitrogen and oxygen atoms in total. The molecule has 0 spiro atoms. The monoisotopic (exact) mass is 319 g/mol. The zero-order chi connectivity index (χ0) is 13.9. The van der Waals surface area contributed by atoms with Gasteiger partial charge in [0.2, 0.25) is 10.0 Å². The predicted octanol–water partition coefficient (Wildman–Crippen LogP) is 0.956. The third-order valence-corrected chi connectivity index (χ3v) is 4.48. The lowest BCUT2D eigenvalue weighted by atomic mass is 10.5. The van der Waals surface area contributed by atoms with Gasteiger partial charge in [-0.05, 0) is 6.07 Å². The molecule has 10 heteroatoms. The van der Waals surface area contributed by atoms with Gasteiger partial charge in [0, 0.05) is 11.6 Å². The molecule has 0 saturated carbocycles. The van der Waals surface area contributed by atoms with E-state index >= 15 is 0 Å². The van der Waals surface area contributed by atoms with Crippen LogP contribution in [0.5, 0.6) is 0 Å². The van der Waals surface area contributed by atoms with Crippen molar-refractivity contribution < 1.29 is 8.42 Å². The molecular weight excluding hydrogens is 310 g/mol. The van der Waals surface area contributed by atoms with Crippen molar-refractivity contribution in [3.8, 4) is 0 Å². The highest BCUT2D eigenvalue weighted by Gasteiger charge is 2.16. The molecule has 4 N–H and O–H groups in total. The van der Waals surface area contributed by atoms with E-state index in [0.717, 1.165) is 0 Å². The lowest BCUT2D eigenvalue weighted by Crippen LogP contribution is -2.23. The first-order valence-electron chi connectivity index (χ1n) is 5.02. The van der Waals surface area contributed by atoms with Gasteiger partial charge in [-0.3, -0.25) is 0 Å². The maximum absolute atomic E-state index is 12.0. The fourth-order valence-electron chi connectivity index (χ4n) is 1.25. The minimum absolute atomic E-state index is 0.0354. The summed E-state index contributed by atoms with van der Waals surface area (Å²) in [5.41, 5.74) is 4.54. The molecule has 102 valence electrons. The summed E-state index contributed by atoms with van der Waals surface area (Å²) in [4.78, 5) is 7.75. The van der Waals surface area contributed by atoms with Crippen LogP contribution < -0.4 is 16.0 Å². The molecule has 0 atom stereocenters. The van der Waals surface area contributed by atoms with Gasteiger partial charge < -0.3 is 5.43 Å². The molecule has 0 aliphatic heterocycles. The number of anilines is 1. The average Bonchev–Trinajstić information content (AvgIpc) is 2.89. The second-order valence-electron chi connectivity index (χ2n) is 3.45. The molecule has 2 aromatic rings. The van der Waals surface area contributed by atoms with Crippen molar-refractivity contribution in [2.24, 2.45) is 5.84 Å². The van der Waals surface area contributed by atoms with Crippen LogP contribution in [0.1, 0.15) is 5.69 Å². The number of nitrogens with one attached hydrogen (secondary N) is 2. The fourth-order valence-corrected chi connectivity index (χ4v) is 3.06. The Kier molecular flexibility index (Phi) is 4.32. The minimum Gasteiger partial charge on any atom is -0.307 e. The van der Waals surface area contributed by atoms with E-state index in [2.05, 4.69) is 20.1 Å². The number of nitrogens with two attached hydrogens (primary N) is 1. The van der Waals surface area contributed by atoms with Crippen molar-refractivity contribution in [3.63, 3.8) is 0 Å². The number of hydrogen-bond acceptors (Lipinski definition) is 7. The highest BCUT2D eigenvalue weighted by Crippen LogP contribution is 2.21. The van der Waals surface area contributed by atoms with Crippen LogP contribution in [0.25, 0.3) is 0 Å². The van der Waals surface area contributed by atoms with Crippen molar-refractivity contribution in [2.75, 3.05) is 5.43 Å². The molecule has 0 bridgehead atoms. The number of halogens is 1. The first-order valence-corrected chi connectivity index (χ1v) is 7.82. The number of nitrogens with zero attached hydrogens (tertiary/aromatic N) is 2. The Labute approximate surface area is 118 Å². The molecule has 0 aromatic carbocycles. The normalized spacial score (nSPS) is 11.5. The number of nitrogen functional groups attached to an aromatic ring is 1. The van der Waals surface area contributed by atoms with E-state index in [-0.39, 0.29) is 22.3 Å². The van der Waals surface area contributed by atoms with Crippen LogP contribution in [0.15, 0.2) is 28.0 Å². The average molecular weight is 320 g/mol. The number of rotatable bonds is 5. The van der Waals surface area contributed by atoms with Crippen LogP contribution in [-0.2, 0) is 16.6 Å². The highest BCUT2D eigenvalue weighted by molar-refractivity contribution is 7.89. The van der Waals surface area contributed by atoms with E-state index in [9.17, 15) is 8.42 Å². The van der Waals surface area contributed by atoms with Crippen molar-refractivity contribution in [1.29, 1.82) is 0 Å². The van der Waals surface area contributed by atoms with Crippen molar-refractivity contribution in [2.45, 2.75) is 11.4 Å². The first-order chi connectivity index (χ1) is 9.03. The van der Waals surface area contributed by atoms with Gasteiger partial charge in [0.1, 0.15) is 4.90 Å². The predicted molar refractivity (Wildman–Crippen MR) is 73.2 cm³/mol. The lowest BCUT2D eigenvalue weighted by Gasteiger charge is -2.07. The van der Waals surface area contributed by atoms with Crippen molar-refractivity contribution >= 4 is 38.8 Å². The smallest absolute Gasteiger partial charge is 0.242 e. The van der Waals surface area contributed by atoms with Gasteiger partial charge >= 0.3 is 0 Å². The third-order valence-electron chi connectivity index (χ3n) is 2.19. The molecule has 2 rings (SSSR count). The summed E-state index contributed by atoms with van der Waals surface area (Å²) < 4.78 is 26.4. The number of pyridine rings is 1. The summed E-state index contributed by atoms with van der Waals surface area (Å²) in [7, 11) is -3.68. The van der Waals surface area contributed by atoms with E-state index in [1.807, 2.05) is 0 Å². The van der Waals surface area contributed by atoms with Crippen molar-refractivity contribution in [3.05, 3.63) is 33.9 Å². The number of sulfonamides is 1. The van der Waals surface area contributed by atoms with Gasteiger partial charge in [0.25, 0.3) is 0 Å². The zero-order valence-corrected chi connectivity index (χ0v) is 11.9. The fraction of sp³-hybridized carbons (Fsp3) is 0.111. The first kappa shape index (κ1) is 14.2. The summed E-state index contributed by atoms with van der Waals surface area (Å²) in [6, 6.07) is 1.27. The minimum atomic E-state index is -3.68. The molecule has 0 fully saturated rings. The molecule has 0 amide bonds. The summed E-state index contributed by atoms with van der Waals surface area (Å²) in [6.45, 7) is 0.111. The second kappa shape index (κ2) is 5.80. The van der Waals surface area contributed by atoms with Gasteiger partial charge in [-0.25, -0.2) is 29.0 Å². The molecule has 0 radical (unpaired) electrons. The lowest BCUT2D eigenvalue weighted by molar-refractivity contribution is 0.580. The zero-order valence-electron chi connectivity index (χ0n) is 9.50. The SMILES string of the molecule is NNc1ncc(S(=O)(=O)NCc2cscn2)cc1Cl. The van der Waals surface area contributed by atoms with Gasteiger partial charge in [0.05, 0.1) is 22.8 Å². The summed E-state index contributed by atoms with van der Waals surface area (Å²) in [5.74, 6) is 5.37. The standard InChI is InChI=1S/C9H10ClN5O2S2/c10-8-1-7(3-12-9(8)15-11)19(16,17)14-2-6-4-18-5-13-6/h1,3-5,14H,2,11H2,(H,12,15). The molecule has 2 aromatic heterocycles. The molecule has 2 heterocycles. The van der Waals surface area contributed by atoms with E-state index in [1.54, 1.807) is 10.9 Å². The Balaban J connectivity index is 2.17. The molecule has 0 unspecified atom stereocenters. The van der Waals surface area contributed by atoms with Crippen LogP contribution in [0, 0.1) is 0 Å². The molecule has 0 aliphatic rings. The maximum atomic E-state index is 12.0.